The molecule has 0 N–H and O–H groups in total. The van der Waals surface area contributed by atoms with Crippen molar-refractivity contribution in [1.82, 2.24) is 9.29 Å². The molecule has 1 fully saturated rings. The zero-order valence-electron chi connectivity index (χ0n) is 13.9. The van der Waals surface area contributed by atoms with E-state index in [1.807, 2.05) is 25.1 Å². The summed E-state index contributed by atoms with van der Waals surface area (Å²) in [5, 5.41) is 10.5. The molecule has 0 atom stereocenters. The van der Waals surface area contributed by atoms with Gasteiger partial charge in [0.1, 0.15) is 6.07 Å². The molecule has 3 rings (SSSR count). The summed E-state index contributed by atoms with van der Waals surface area (Å²) >= 11 is 0. The van der Waals surface area contributed by atoms with Crippen molar-refractivity contribution in [3.63, 3.8) is 0 Å². The van der Waals surface area contributed by atoms with Crippen LogP contribution in [0.25, 0.3) is 10.9 Å². The number of rotatable bonds is 2. The lowest BCUT2D eigenvalue weighted by molar-refractivity contribution is 0.437. The normalized spacial score (nSPS) is 16.8. The second-order valence-corrected chi connectivity index (χ2v) is 8.09. The van der Waals surface area contributed by atoms with Crippen LogP contribution in [0.5, 0.6) is 0 Å². The van der Waals surface area contributed by atoms with Crippen molar-refractivity contribution in [1.29, 1.82) is 5.26 Å². The molecule has 0 spiro atoms. The third-order valence-corrected chi connectivity index (χ3v) is 5.73. The van der Waals surface area contributed by atoms with Crippen molar-refractivity contribution >= 4 is 26.6 Å². The van der Waals surface area contributed by atoms with E-state index in [9.17, 15) is 13.7 Å². The van der Waals surface area contributed by atoms with E-state index >= 15 is 0 Å². The summed E-state index contributed by atoms with van der Waals surface area (Å²) in [6.07, 6.45) is 3.59. The highest BCUT2D eigenvalue weighted by Gasteiger charge is 2.24. The summed E-state index contributed by atoms with van der Waals surface area (Å²) in [6.45, 7) is 4.22. The van der Waals surface area contributed by atoms with Gasteiger partial charge in [0.05, 0.1) is 23.0 Å². The van der Waals surface area contributed by atoms with E-state index < -0.39 is 10.0 Å². The summed E-state index contributed by atoms with van der Waals surface area (Å²) in [6, 6.07) is 8.17. The molecule has 1 aromatic heterocycles. The van der Waals surface area contributed by atoms with Gasteiger partial charge in [-0.15, -0.1) is 0 Å². The van der Waals surface area contributed by atoms with Gasteiger partial charge in [-0.3, -0.25) is 4.98 Å². The molecule has 1 saturated heterocycles. The van der Waals surface area contributed by atoms with Crippen LogP contribution in [0.1, 0.15) is 17.5 Å². The van der Waals surface area contributed by atoms with Crippen molar-refractivity contribution < 1.29 is 8.42 Å². The van der Waals surface area contributed by atoms with Crippen LogP contribution in [0, 0.1) is 18.3 Å². The number of hydrogen-bond donors (Lipinski definition) is 0. The number of nitrogens with zero attached hydrogens (tertiary/aromatic N) is 4. The van der Waals surface area contributed by atoms with Crippen molar-refractivity contribution in [2.45, 2.75) is 13.3 Å². The lowest BCUT2D eigenvalue weighted by Crippen LogP contribution is -2.34. The van der Waals surface area contributed by atoms with Gasteiger partial charge in [0.2, 0.25) is 10.0 Å². The van der Waals surface area contributed by atoms with Gasteiger partial charge >= 0.3 is 0 Å². The van der Waals surface area contributed by atoms with E-state index in [1.54, 1.807) is 6.20 Å². The minimum absolute atomic E-state index is 0.430. The molecule has 1 aromatic carbocycles. The van der Waals surface area contributed by atoms with Crippen LogP contribution in [0.4, 0.5) is 5.69 Å². The summed E-state index contributed by atoms with van der Waals surface area (Å²) < 4.78 is 25.1. The SMILES string of the molecule is Cc1cccc2c(N3CCCN(S(C)(=O)=O)CC3)c(C#N)cnc12. The summed E-state index contributed by atoms with van der Waals surface area (Å²) in [5.74, 6) is 0. The maximum absolute atomic E-state index is 11.8. The molecular weight excluding hydrogens is 324 g/mol. The molecule has 126 valence electrons. The fraction of sp³-hybridized carbons (Fsp3) is 0.412. The summed E-state index contributed by atoms with van der Waals surface area (Å²) in [4.78, 5) is 6.55. The average Bonchev–Trinajstić information content (AvgIpc) is 2.80. The number of aryl methyl sites for hydroxylation is 1. The highest BCUT2D eigenvalue weighted by molar-refractivity contribution is 7.88. The first kappa shape index (κ1) is 16.7. The average molecular weight is 344 g/mol. The number of hydrogen-bond acceptors (Lipinski definition) is 5. The van der Waals surface area contributed by atoms with E-state index in [0.717, 1.165) is 28.6 Å². The van der Waals surface area contributed by atoms with E-state index in [4.69, 9.17) is 0 Å². The molecule has 0 bridgehead atoms. The van der Waals surface area contributed by atoms with Crippen LogP contribution in [0.2, 0.25) is 0 Å². The first-order valence-electron chi connectivity index (χ1n) is 7.90. The smallest absolute Gasteiger partial charge is 0.211 e. The molecule has 7 heteroatoms. The highest BCUT2D eigenvalue weighted by Crippen LogP contribution is 2.31. The van der Waals surface area contributed by atoms with Gasteiger partial charge in [0.25, 0.3) is 0 Å². The number of anilines is 1. The number of pyridine rings is 1. The Morgan fingerprint density at radius 2 is 2.00 bits per heavy atom. The molecule has 1 aliphatic rings. The van der Waals surface area contributed by atoms with Crippen molar-refractivity contribution in [2.75, 3.05) is 37.3 Å². The second kappa shape index (κ2) is 6.38. The molecule has 24 heavy (non-hydrogen) atoms. The first-order chi connectivity index (χ1) is 11.4. The third kappa shape index (κ3) is 3.07. The van der Waals surface area contributed by atoms with Crippen molar-refractivity contribution in [3.8, 4) is 6.07 Å². The van der Waals surface area contributed by atoms with E-state index in [0.29, 0.717) is 31.7 Å². The Labute approximate surface area is 142 Å². The molecule has 2 heterocycles. The molecule has 0 unspecified atom stereocenters. The van der Waals surface area contributed by atoms with Crippen molar-refractivity contribution in [2.24, 2.45) is 0 Å². The van der Waals surface area contributed by atoms with Gasteiger partial charge in [0, 0.05) is 37.8 Å². The van der Waals surface area contributed by atoms with Gasteiger partial charge in [0.15, 0.2) is 0 Å². The van der Waals surface area contributed by atoms with E-state index in [2.05, 4.69) is 16.0 Å². The Balaban J connectivity index is 2.06. The first-order valence-corrected chi connectivity index (χ1v) is 9.75. The number of sulfonamides is 1. The third-order valence-electron chi connectivity index (χ3n) is 4.43. The predicted molar refractivity (Wildman–Crippen MR) is 94.4 cm³/mol. The van der Waals surface area contributed by atoms with Crippen LogP contribution in [-0.2, 0) is 10.0 Å². The van der Waals surface area contributed by atoms with Crippen LogP contribution in [-0.4, -0.2) is 50.1 Å². The molecular formula is C17H20N4O2S. The van der Waals surface area contributed by atoms with E-state index in [1.165, 1.54) is 10.6 Å². The monoisotopic (exact) mass is 344 g/mol. The largest absolute Gasteiger partial charge is 0.368 e. The van der Waals surface area contributed by atoms with Crippen LogP contribution in [0.15, 0.2) is 24.4 Å². The molecule has 6 nitrogen and oxygen atoms in total. The zero-order valence-corrected chi connectivity index (χ0v) is 14.7. The van der Waals surface area contributed by atoms with E-state index in [-0.39, 0.29) is 0 Å². The van der Waals surface area contributed by atoms with Crippen LogP contribution >= 0.6 is 0 Å². The number of nitriles is 1. The molecule has 0 amide bonds. The van der Waals surface area contributed by atoms with Gasteiger partial charge in [-0.25, -0.2) is 12.7 Å². The quantitative estimate of drug-likeness (QED) is 0.831. The Morgan fingerprint density at radius 3 is 2.71 bits per heavy atom. The maximum atomic E-state index is 11.8. The van der Waals surface area contributed by atoms with Gasteiger partial charge in [-0.2, -0.15) is 5.26 Å². The Bertz CT molecular complexity index is 918. The number of fused-ring (bicyclic) bond motifs is 1. The zero-order chi connectivity index (χ0) is 17.3. The maximum Gasteiger partial charge on any atom is 0.211 e. The number of aromatic nitrogens is 1. The highest BCUT2D eigenvalue weighted by atomic mass is 32.2. The molecule has 0 aliphatic carbocycles. The lowest BCUT2D eigenvalue weighted by Gasteiger charge is -2.25. The predicted octanol–water partition coefficient (Wildman–Crippen LogP) is 1.89. The Morgan fingerprint density at radius 1 is 1.21 bits per heavy atom. The Kier molecular flexibility index (Phi) is 4.43. The second-order valence-electron chi connectivity index (χ2n) is 6.11. The van der Waals surface area contributed by atoms with Crippen LogP contribution < -0.4 is 4.90 Å². The minimum Gasteiger partial charge on any atom is -0.368 e. The van der Waals surface area contributed by atoms with Gasteiger partial charge in [-0.1, -0.05) is 18.2 Å². The fourth-order valence-electron chi connectivity index (χ4n) is 3.23. The number of para-hydroxylation sites is 1. The minimum atomic E-state index is -3.19. The van der Waals surface area contributed by atoms with Gasteiger partial charge < -0.3 is 4.90 Å². The molecule has 2 aromatic rings. The van der Waals surface area contributed by atoms with Crippen molar-refractivity contribution in [3.05, 3.63) is 35.5 Å². The standard InChI is InChI=1S/C17H20N4O2S/c1-13-5-3-6-15-16(13)19-12-14(11-18)17(15)20-7-4-8-21(10-9-20)24(2,22)23/h3,5-6,12H,4,7-10H2,1-2H3. The fourth-order valence-corrected chi connectivity index (χ4v) is 4.10. The molecule has 0 radical (unpaired) electrons. The molecule has 0 saturated carbocycles. The summed E-state index contributed by atoms with van der Waals surface area (Å²) in [7, 11) is -3.19. The molecule has 1 aliphatic heterocycles. The van der Waals surface area contributed by atoms with Gasteiger partial charge in [-0.05, 0) is 18.9 Å². The Hall–Kier alpha value is -2.17. The summed E-state index contributed by atoms with van der Waals surface area (Å²) in [5.41, 5.74) is 3.34. The topological polar surface area (TPSA) is 77.3 Å². The van der Waals surface area contributed by atoms with Crippen LogP contribution in [0.3, 0.4) is 0 Å². The number of benzene rings is 1. The lowest BCUT2D eigenvalue weighted by atomic mass is 10.1.